The fourth-order valence-electron chi connectivity index (χ4n) is 2.95. The van der Waals surface area contributed by atoms with Crippen LogP contribution >= 0.6 is 0 Å². The molecule has 0 amide bonds. The highest BCUT2D eigenvalue weighted by Gasteiger charge is 2.19. The number of piperidine rings is 1. The first-order chi connectivity index (χ1) is 8.70. The summed E-state index contributed by atoms with van der Waals surface area (Å²) >= 11 is 0. The van der Waals surface area contributed by atoms with Gasteiger partial charge in [-0.1, -0.05) is 30.2 Å². The number of rotatable bonds is 4. The van der Waals surface area contributed by atoms with Gasteiger partial charge in [-0.2, -0.15) is 0 Å². The van der Waals surface area contributed by atoms with Crippen LogP contribution in [0.5, 0.6) is 0 Å². The molecule has 1 fully saturated rings. The minimum atomic E-state index is 0.473. The number of nitrogens with one attached hydrogen (secondary N) is 2. The summed E-state index contributed by atoms with van der Waals surface area (Å²) < 4.78 is 0. The molecule has 1 aliphatic heterocycles. The SMILES string of the molecule is CNC(CC1CCCCN1)c1cc(C)ccc1C. The Balaban J connectivity index is 2.09. The van der Waals surface area contributed by atoms with Crippen molar-refractivity contribution in [1.29, 1.82) is 0 Å². The molecule has 2 unspecified atom stereocenters. The maximum Gasteiger partial charge on any atom is 0.0335 e. The van der Waals surface area contributed by atoms with E-state index in [-0.39, 0.29) is 0 Å². The zero-order chi connectivity index (χ0) is 13.0. The summed E-state index contributed by atoms with van der Waals surface area (Å²) in [6.45, 7) is 5.58. The predicted molar refractivity (Wildman–Crippen MR) is 78.0 cm³/mol. The van der Waals surface area contributed by atoms with E-state index in [1.54, 1.807) is 0 Å². The second-order valence-corrected chi connectivity index (χ2v) is 5.58. The van der Waals surface area contributed by atoms with Gasteiger partial charge in [-0.05, 0) is 57.8 Å². The number of aryl methyl sites for hydroxylation is 2. The van der Waals surface area contributed by atoms with E-state index in [2.05, 4.69) is 49.7 Å². The molecule has 0 bridgehead atoms. The van der Waals surface area contributed by atoms with Crippen LogP contribution in [0.15, 0.2) is 18.2 Å². The topological polar surface area (TPSA) is 24.1 Å². The molecule has 0 aromatic heterocycles. The molecule has 2 atom stereocenters. The third-order valence-electron chi connectivity index (χ3n) is 4.09. The van der Waals surface area contributed by atoms with Gasteiger partial charge in [-0.15, -0.1) is 0 Å². The van der Waals surface area contributed by atoms with E-state index in [1.807, 2.05) is 0 Å². The normalized spacial score (nSPS) is 21.8. The van der Waals surface area contributed by atoms with E-state index < -0.39 is 0 Å². The number of benzene rings is 1. The van der Waals surface area contributed by atoms with Gasteiger partial charge in [-0.3, -0.25) is 0 Å². The van der Waals surface area contributed by atoms with Crippen molar-refractivity contribution in [2.24, 2.45) is 0 Å². The fraction of sp³-hybridized carbons (Fsp3) is 0.625. The molecule has 2 nitrogen and oxygen atoms in total. The molecular weight excluding hydrogens is 220 g/mol. The van der Waals surface area contributed by atoms with Crippen molar-refractivity contribution in [3.8, 4) is 0 Å². The van der Waals surface area contributed by atoms with Crippen LogP contribution in [0.2, 0.25) is 0 Å². The van der Waals surface area contributed by atoms with Gasteiger partial charge >= 0.3 is 0 Å². The first-order valence-electron chi connectivity index (χ1n) is 7.18. The predicted octanol–water partition coefficient (Wildman–Crippen LogP) is 3.10. The van der Waals surface area contributed by atoms with Crippen molar-refractivity contribution in [2.75, 3.05) is 13.6 Å². The van der Waals surface area contributed by atoms with Crippen LogP contribution in [0.25, 0.3) is 0 Å². The van der Waals surface area contributed by atoms with Crippen molar-refractivity contribution >= 4 is 0 Å². The molecule has 1 saturated heterocycles. The Kier molecular flexibility index (Phi) is 4.79. The Morgan fingerprint density at radius 3 is 2.83 bits per heavy atom. The Bertz CT molecular complexity index is 381. The lowest BCUT2D eigenvalue weighted by Gasteiger charge is -2.28. The van der Waals surface area contributed by atoms with Gasteiger partial charge in [0.05, 0.1) is 0 Å². The maximum atomic E-state index is 3.65. The van der Waals surface area contributed by atoms with Crippen LogP contribution in [0, 0.1) is 13.8 Å². The molecule has 18 heavy (non-hydrogen) atoms. The first kappa shape index (κ1) is 13.6. The van der Waals surface area contributed by atoms with Crippen molar-refractivity contribution in [1.82, 2.24) is 10.6 Å². The van der Waals surface area contributed by atoms with E-state index >= 15 is 0 Å². The maximum absolute atomic E-state index is 3.65. The van der Waals surface area contributed by atoms with Crippen LogP contribution in [-0.2, 0) is 0 Å². The van der Waals surface area contributed by atoms with Gasteiger partial charge in [0.1, 0.15) is 0 Å². The Hall–Kier alpha value is -0.860. The molecule has 1 aliphatic rings. The van der Waals surface area contributed by atoms with E-state index in [4.69, 9.17) is 0 Å². The minimum absolute atomic E-state index is 0.473. The lowest BCUT2D eigenvalue weighted by atomic mass is 9.91. The Labute approximate surface area is 111 Å². The quantitative estimate of drug-likeness (QED) is 0.853. The second-order valence-electron chi connectivity index (χ2n) is 5.58. The van der Waals surface area contributed by atoms with Gasteiger partial charge in [0.2, 0.25) is 0 Å². The molecule has 1 heterocycles. The van der Waals surface area contributed by atoms with E-state index in [0.29, 0.717) is 12.1 Å². The lowest BCUT2D eigenvalue weighted by Crippen LogP contribution is -2.37. The largest absolute Gasteiger partial charge is 0.314 e. The minimum Gasteiger partial charge on any atom is -0.314 e. The average molecular weight is 246 g/mol. The molecular formula is C16H26N2. The second kappa shape index (κ2) is 6.35. The first-order valence-corrected chi connectivity index (χ1v) is 7.18. The van der Waals surface area contributed by atoms with Gasteiger partial charge in [-0.25, -0.2) is 0 Å². The standard InChI is InChI=1S/C16H26N2/c1-12-7-8-13(2)15(10-12)16(17-3)11-14-6-4-5-9-18-14/h7-8,10,14,16-18H,4-6,9,11H2,1-3H3. The van der Waals surface area contributed by atoms with Gasteiger partial charge in [0.25, 0.3) is 0 Å². The molecule has 100 valence electrons. The number of hydrogen-bond donors (Lipinski definition) is 2. The molecule has 0 saturated carbocycles. The molecule has 2 heteroatoms. The summed E-state index contributed by atoms with van der Waals surface area (Å²) in [4.78, 5) is 0. The zero-order valence-corrected chi connectivity index (χ0v) is 11.9. The summed E-state index contributed by atoms with van der Waals surface area (Å²) in [6, 6.07) is 7.92. The molecule has 1 aromatic carbocycles. The summed E-state index contributed by atoms with van der Waals surface area (Å²) in [6.07, 6.45) is 5.23. The highest BCUT2D eigenvalue weighted by molar-refractivity contribution is 5.33. The van der Waals surface area contributed by atoms with Crippen LogP contribution < -0.4 is 10.6 Å². The summed E-state index contributed by atoms with van der Waals surface area (Å²) in [5.74, 6) is 0. The van der Waals surface area contributed by atoms with Gasteiger partial charge < -0.3 is 10.6 Å². The smallest absolute Gasteiger partial charge is 0.0335 e. The molecule has 1 aromatic rings. The van der Waals surface area contributed by atoms with Crippen molar-refractivity contribution in [2.45, 2.75) is 51.6 Å². The molecule has 0 aliphatic carbocycles. The Morgan fingerprint density at radius 2 is 2.17 bits per heavy atom. The highest BCUT2D eigenvalue weighted by atomic mass is 14.9. The summed E-state index contributed by atoms with van der Waals surface area (Å²) in [5, 5.41) is 7.14. The van der Waals surface area contributed by atoms with Gasteiger partial charge in [0.15, 0.2) is 0 Å². The van der Waals surface area contributed by atoms with Crippen LogP contribution in [0.1, 0.15) is 48.4 Å². The van der Waals surface area contributed by atoms with Crippen LogP contribution in [-0.4, -0.2) is 19.6 Å². The third kappa shape index (κ3) is 3.33. The zero-order valence-electron chi connectivity index (χ0n) is 11.9. The Morgan fingerprint density at radius 1 is 1.33 bits per heavy atom. The summed E-state index contributed by atoms with van der Waals surface area (Å²) in [7, 11) is 2.08. The average Bonchev–Trinajstić information content (AvgIpc) is 2.40. The monoisotopic (exact) mass is 246 g/mol. The fourth-order valence-corrected chi connectivity index (χ4v) is 2.95. The van der Waals surface area contributed by atoms with Crippen molar-refractivity contribution in [3.63, 3.8) is 0 Å². The van der Waals surface area contributed by atoms with Gasteiger partial charge in [0, 0.05) is 12.1 Å². The van der Waals surface area contributed by atoms with Crippen LogP contribution in [0.4, 0.5) is 0 Å². The summed E-state index contributed by atoms with van der Waals surface area (Å²) in [5.41, 5.74) is 4.22. The van der Waals surface area contributed by atoms with E-state index in [1.165, 1.54) is 48.9 Å². The third-order valence-corrected chi connectivity index (χ3v) is 4.09. The van der Waals surface area contributed by atoms with Crippen molar-refractivity contribution in [3.05, 3.63) is 34.9 Å². The number of hydrogen-bond acceptors (Lipinski definition) is 2. The van der Waals surface area contributed by atoms with E-state index in [9.17, 15) is 0 Å². The molecule has 0 radical (unpaired) electrons. The van der Waals surface area contributed by atoms with Crippen LogP contribution in [0.3, 0.4) is 0 Å². The van der Waals surface area contributed by atoms with E-state index in [0.717, 1.165) is 0 Å². The molecule has 2 N–H and O–H groups in total. The molecule has 2 rings (SSSR count). The molecule has 0 spiro atoms. The lowest BCUT2D eigenvalue weighted by molar-refractivity contribution is 0.346. The van der Waals surface area contributed by atoms with Crippen molar-refractivity contribution < 1.29 is 0 Å². The highest BCUT2D eigenvalue weighted by Crippen LogP contribution is 2.25.